The molecule has 0 fully saturated rings. The summed E-state index contributed by atoms with van der Waals surface area (Å²) in [6.07, 6.45) is 0. The number of anilines is 1. The minimum absolute atomic E-state index is 0.0366. The van der Waals surface area contributed by atoms with Crippen LogP contribution in [-0.2, 0) is 10.0 Å². The first-order valence-electron chi connectivity index (χ1n) is 8.71. The first kappa shape index (κ1) is 20.2. The van der Waals surface area contributed by atoms with E-state index >= 15 is 0 Å². The molecule has 0 aliphatic carbocycles. The Hall–Kier alpha value is -3.49. The van der Waals surface area contributed by atoms with E-state index in [1.54, 1.807) is 42.5 Å². The van der Waals surface area contributed by atoms with E-state index in [-0.39, 0.29) is 16.4 Å². The Bertz CT molecular complexity index is 1130. The van der Waals surface area contributed by atoms with Crippen LogP contribution in [0.1, 0.15) is 26.3 Å². The SMILES string of the molecule is Cc1ccccc1C(=O)Nc1ccc(C(=O)NNS(=O)(=O)c2ccccc2)cc1. The summed E-state index contributed by atoms with van der Waals surface area (Å²) >= 11 is 0. The molecule has 0 spiro atoms. The summed E-state index contributed by atoms with van der Waals surface area (Å²) in [4.78, 5) is 26.6. The Morgan fingerprint density at radius 1 is 0.759 bits per heavy atom. The van der Waals surface area contributed by atoms with E-state index in [1.807, 2.05) is 19.1 Å². The van der Waals surface area contributed by atoms with Crippen molar-refractivity contribution in [2.45, 2.75) is 11.8 Å². The second kappa shape index (κ2) is 8.68. The van der Waals surface area contributed by atoms with Gasteiger partial charge in [-0.1, -0.05) is 36.4 Å². The minimum atomic E-state index is -3.86. The molecule has 2 amide bonds. The van der Waals surface area contributed by atoms with E-state index in [1.165, 1.54) is 24.3 Å². The number of benzene rings is 3. The van der Waals surface area contributed by atoms with Gasteiger partial charge in [0.15, 0.2) is 0 Å². The quantitative estimate of drug-likeness (QED) is 0.545. The summed E-state index contributed by atoms with van der Waals surface area (Å²) in [5.74, 6) is -0.878. The highest BCUT2D eigenvalue weighted by Crippen LogP contribution is 2.14. The number of hydrogen-bond acceptors (Lipinski definition) is 4. The molecule has 3 rings (SSSR count). The average Bonchev–Trinajstić information content (AvgIpc) is 2.73. The number of sulfonamides is 1. The lowest BCUT2D eigenvalue weighted by atomic mass is 10.1. The number of rotatable bonds is 6. The standard InChI is InChI=1S/C21H19N3O4S/c1-15-7-5-6-10-19(15)21(26)22-17-13-11-16(12-14-17)20(25)23-24-29(27,28)18-8-3-2-4-9-18/h2-14,24H,1H3,(H,22,26)(H,23,25). The first-order valence-corrected chi connectivity index (χ1v) is 10.2. The van der Waals surface area contributed by atoms with E-state index < -0.39 is 15.9 Å². The number of amides is 2. The van der Waals surface area contributed by atoms with Crippen LogP contribution in [0.3, 0.4) is 0 Å². The van der Waals surface area contributed by atoms with E-state index in [4.69, 9.17) is 0 Å². The summed E-state index contributed by atoms with van der Waals surface area (Å²) in [6, 6.07) is 21.0. The third-order valence-electron chi connectivity index (χ3n) is 4.15. The van der Waals surface area contributed by atoms with Crippen LogP contribution in [0.5, 0.6) is 0 Å². The van der Waals surface area contributed by atoms with Gasteiger partial charge >= 0.3 is 0 Å². The molecule has 8 heteroatoms. The van der Waals surface area contributed by atoms with Crippen LogP contribution >= 0.6 is 0 Å². The zero-order chi connectivity index (χ0) is 20.9. The topological polar surface area (TPSA) is 104 Å². The van der Waals surface area contributed by atoms with Gasteiger partial charge in [0.2, 0.25) is 0 Å². The zero-order valence-electron chi connectivity index (χ0n) is 15.5. The average molecular weight is 409 g/mol. The van der Waals surface area contributed by atoms with Crippen molar-refractivity contribution in [3.63, 3.8) is 0 Å². The van der Waals surface area contributed by atoms with E-state index in [0.717, 1.165) is 5.56 Å². The van der Waals surface area contributed by atoms with Crippen LogP contribution in [0.25, 0.3) is 0 Å². The smallest absolute Gasteiger partial charge is 0.266 e. The van der Waals surface area contributed by atoms with Gasteiger partial charge in [0.05, 0.1) is 4.90 Å². The van der Waals surface area contributed by atoms with Gasteiger partial charge in [-0.15, -0.1) is 4.83 Å². The lowest BCUT2D eigenvalue weighted by Crippen LogP contribution is -2.41. The second-order valence-electron chi connectivity index (χ2n) is 6.22. The molecule has 0 heterocycles. The van der Waals surface area contributed by atoms with Crippen molar-refractivity contribution in [3.05, 3.63) is 95.6 Å². The Morgan fingerprint density at radius 2 is 1.38 bits per heavy atom. The highest BCUT2D eigenvalue weighted by molar-refractivity contribution is 7.89. The van der Waals surface area contributed by atoms with Crippen LogP contribution in [0.15, 0.2) is 83.8 Å². The van der Waals surface area contributed by atoms with Crippen molar-refractivity contribution in [1.82, 2.24) is 10.3 Å². The second-order valence-corrected chi connectivity index (χ2v) is 7.90. The molecule has 3 aromatic rings. The normalized spacial score (nSPS) is 10.9. The van der Waals surface area contributed by atoms with Crippen LogP contribution in [0.2, 0.25) is 0 Å². The third-order valence-corrected chi connectivity index (χ3v) is 5.41. The van der Waals surface area contributed by atoms with Crippen molar-refractivity contribution in [2.75, 3.05) is 5.32 Å². The van der Waals surface area contributed by atoms with Gasteiger partial charge in [0, 0.05) is 16.8 Å². The molecule has 0 aromatic heterocycles. The molecular formula is C21H19N3O4S. The van der Waals surface area contributed by atoms with Crippen LogP contribution in [-0.4, -0.2) is 20.2 Å². The summed E-state index contributed by atoms with van der Waals surface area (Å²) < 4.78 is 24.3. The Morgan fingerprint density at radius 3 is 2.03 bits per heavy atom. The summed E-state index contributed by atoms with van der Waals surface area (Å²) in [5.41, 5.74) is 4.33. The molecule has 0 bridgehead atoms. The monoisotopic (exact) mass is 409 g/mol. The van der Waals surface area contributed by atoms with Crippen molar-refractivity contribution in [2.24, 2.45) is 0 Å². The highest BCUT2D eigenvalue weighted by Gasteiger charge is 2.15. The van der Waals surface area contributed by atoms with Crippen molar-refractivity contribution < 1.29 is 18.0 Å². The van der Waals surface area contributed by atoms with Gasteiger partial charge in [-0.25, -0.2) is 8.42 Å². The molecule has 0 saturated heterocycles. The molecule has 0 aliphatic rings. The maximum Gasteiger partial charge on any atom is 0.266 e. The molecule has 7 nitrogen and oxygen atoms in total. The molecule has 0 saturated carbocycles. The van der Waals surface area contributed by atoms with Gasteiger partial charge in [-0.2, -0.15) is 0 Å². The third kappa shape index (κ3) is 5.07. The van der Waals surface area contributed by atoms with E-state index in [0.29, 0.717) is 11.3 Å². The van der Waals surface area contributed by atoms with Crippen LogP contribution in [0.4, 0.5) is 5.69 Å². The number of hydrogen-bond donors (Lipinski definition) is 3. The lowest BCUT2D eigenvalue weighted by molar-refractivity contribution is 0.0944. The Kier molecular flexibility index (Phi) is 6.06. The lowest BCUT2D eigenvalue weighted by Gasteiger charge is -2.10. The van der Waals surface area contributed by atoms with Crippen molar-refractivity contribution >= 4 is 27.5 Å². The Labute approximate surface area is 168 Å². The highest BCUT2D eigenvalue weighted by atomic mass is 32.2. The van der Waals surface area contributed by atoms with Gasteiger partial charge < -0.3 is 5.32 Å². The fourth-order valence-corrected chi connectivity index (χ4v) is 3.44. The minimum Gasteiger partial charge on any atom is -0.322 e. The number of carbonyl (C=O) groups excluding carboxylic acids is 2. The van der Waals surface area contributed by atoms with Crippen LogP contribution in [0, 0.1) is 6.92 Å². The molecule has 0 aliphatic heterocycles. The number of aryl methyl sites for hydroxylation is 1. The predicted molar refractivity (Wildman–Crippen MR) is 110 cm³/mol. The maximum atomic E-state index is 12.3. The van der Waals surface area contributed by atoms with Crippen molar-refractivity contribution in [3.8, 4) is 0 Å². The molecule has 0 radical (unpaired) electrons. The van der Waals surface area contributed by atoms with Gasteiger partial charge in [0.25, 0.3) is 21.8 Å². The maximum absolute atomic E-state index is 12.3. The van der Waals surface area contributed by atoms with Crippen molar-refractivity contribution in [1.29, 1.82) is 0 Å². The van der Waals surface area contributed by atoms with Gasteiger partial charge in [-0.05, 0) is 55.0 Å². The molecular weight excluding hydrogens is 390 g/mol. The molecule has 29 heavy (non-hydrogen) atoms. The van der Waals surface area contributed by atoms with Gasteiger partial charge in [0.1, 0.15) is 0 Å². The fourth-order valence-electron chi connectivity index (χ4n) is 2.58. The molecule has 3 aromatic carbocycles. The number of hydrazine groups is 1. The molecule has 0 atom stereocenters. The fraction of sp³-hybridized carbons (Fsp3) is 0.0476. The Balaban J connectivity index is 1.62. The molecule has 3 N–H and O–H groups in total. The molecule has 148 valence electrons. The summed E-state index contributed by atoms with van der Waals surface area (Å²) in [6.45, 7) is 1.85. The molecule has 0 unspecified atom stereocenters. The van der Waals surface area contributed by atoms with Gasteiger partial charge in [-0.3, -0.25) is 15.0 Å². The van der Waals surface area contributed by atoms with E-state index in [9.17, 15) is 18.0 Å². The predicted octanol–water partition coefficient (Wildman–Crippen LogP) is 2.87. The largest absolute Gasteiger partial charge is 0.322 e. The van der Waals surface area contributed by atoms with E-state index in [2.05, 4.69) is 15.6 Å². The summed E-state index contributed by atoms with van der Waals surface area (Å²) in [5, 5.41) is 2.76. The number of nitrogens with one attached hydrogen (secondary N) is 3. The zero-order valence-corrected chi connectivity index (χ0v) is 16.4. The summed E-state index contributed by atoms with van der Waals surface area (Å²) in [7, 11) is -3.86. The van der Waals surface area contributed by atoms with Crippen LogP contribution < -0.4 is 15.6 Å². The first-order chi connectivity index (χ1) is 13.9. The number of carbonyl (C=O) groups is 2.